The number of phenols is 1. The maximum absolute atomic E-state index is 12.3. The van der Waals surface area contributed by atoms with E-state index in [1.165, 1.54) is 31.4 Å². The third-order valence-electron chi connectivity index (χ3n) is 2.90. The highest BCUT2D eigenvalue weighted by Crippen LogP contribution is 2.29. The molecule has 0 spiro atoms. The van der Waals surface area contributed by atoms with E-state index in [4.69, 9.17) is 4.74 Å². The molecule has 0 aromatic heterocycles. The minimum atomic E-state index is -3.51. The molecular weight excluding hydrogens is 320 g/mol. The van der Waals surface area contributed by atoms with Gasteiger partial charge in [0.2, 0.25) is 10.0 Å². The largest absolute Gasteiger partial charge is 0.504 e. The summed E-state index contributed by atoms with van der Waals surface area (Å²) in [6, 6.07) is 10.6. The van der Waals surface area contributed by atoms with Crippen LogP contribution in [-0.4, -0.2) is 32.8 Å². The molecule has 23 heavy (non-hydrogen) atoms. The van der Waals surface area contributed by atoms with Gasteiger partial charge in [0.1, 0.15) is 0 Å². The van der Waals surface area contributed by atoms with Crippen LogP contribution in [0.25, 0.3) is 0 Å². The van der Waals surface area contributed by atoms with E-state index in [-0.39, 0.29) is 22.7 Å². The molecule has 0 saturated heterocycles. The van der Waals surface area contributed by atoms with Gasteiger partial charge in [-0.15, -0.1) is 0 Å². The number of sulfonamides is 1. The van der Waals surface area contributed by atoms with Gasteiger partial charge in [-0.2, -0.15) is 0 Å². The number of benzene rings is 2. The molecule has 0 aliphatic carbocycles. The summed E-state index contributed by atoms with van der Waals surface area (Å²) in [7, 11) is -2.09. The third-order valence-corrected chi connectivity index (χ3v) is 3.49. The molecule has 0 fully saturated rings. The molecule has 3 N–H and O–H groups in total. The Morgan fingerprint density at radius 2 is 1.87 bits per heavy atom. The minimum absolute atomic E-state index is 0.118. The number of aromatic hydroxyl groups is 1. The quantitative estimate of drug-likeness (QED) is 0.775. The van der Waals surface area contributed by atoms with Crippen LogP contribution in [-0.2, 0) is 10.0 Å². The molecule has 0 aliphatic heterocycles. The molecule has 2 aromatic rings. The van der Waals surface area contributed by atoms with E-state index >= 15 is 0 Å². The number of anilines is 2. The highest BCUT2D eigenvalue weighted by Gasteiger charge is 2.14. The minimum Gasteiger partial charge on any atom is -0.504 e. The normalized spacial score (nSPS) is 10.9. The van der Waals surface area contributed by atoms with Gasteiger partial charge in [-0.25, -0.2) is 8.42 Å². The monoisotopic (exact) mass is 336 g/mol. The fourth-order valence-electron chi connectivity index (χ4n) is 1.94. The molecule has 1 amide bonds. The highest BCUT2D eigenvalue weighted by molar-refractivity contribution is 7.92. The molecule has 0 bridgehead atoms. The van der Waals surface area contributed by atoms with Crippen LogP contribution in [0.2, 0.25) is 0 Å². The molecule has 0 heterocycles. The summed E-state index contributed by atoms with van der Waals surface area (Å²) in [5, 5.41) is 12.3. The van der Waals surface area contributed by atoms with E-state index in [2.05, 4.69) is 10.0 Å². The van der Waals surface area contributed by atoms with Crippen molar-refractivity contribution >= 4 is 27.3 Å². The second kappa shape index (κ2) is 6.57. The predicted octanol–water partition coefficient (Wildman–Crippen LogP) is 2.02. The lowest BCUT2D eigenvalue weighted by atomic mass is 10.1. The summed E-state index contributed by atoms with van der Waals surface area (Å²) >= 11 is 0. The Morgan fingerprint density at radius 3 is 2.48 bits per heavy atom. The Balaban J connectivity index is 2.26. The highest BCUT2D eigenvalue weighted by atomic mass is 32.2. The summed E-state index contributed by atoms with van der Waals surface area (Å²) in [5.74, 6) is -0.351. The molecule has 2 aromatic carbocycles. The van der Waals surface area contributed by atoms with Crippen LogP contribution < -0.4 is 14.8 Å². The predicted molar refractivity (Wildman–Crippen MR) is 87.5 cm³/mol. The van der Waals surface area contributed by atoms with Gasteiger partial charge in [0, 0.05) is 11.8 Å². The zero-order chi connectivity index (χ0) is 17.0. The Hall–Kier alpha value is -2.74. The summed E-state index contributed by atoms with van der Waals surface area (Å²) in [5.41, 5.74) is 0.681. The zero-order valence-electron chi connectivity index (χ0n) is 12.5. The molecule has 0 atom stereocenters. The van der Waals surface area contributed by atoms with Gasteiger partial charge >= 0.3 is 0 Å². The van der Waals surface area contributed by atoms with E-state index < -0.39 is 15.9 Å². The number of nitrogens with one attached hydrogen (secondary N) is 2. The lowest BCUT2D eigenvalue weighted by molar-refractivity contribution is 0.102. The average molecular weight is 336 g/mol. The molecule has 8 heteroatoms. The van der Waals surface area contributed by atoms with Crippen molar-refractivity contribution in [1.82, 2.24) is 0 Å². The summed E-state index contributed by atoms with van der Waals surface area (Å²) in [6.45, 7) is 0. The molecule has 7 nitrogen and oxygen atoms in total. The third kappa shape index (κ3) is 4.36. The van der Waals surface area contributed by atoms with E-state index in [0.717, 1.165) is 6.26 Å². The van der Waals surface area contributed by atoms with Gasteiger partial charge in [0.05, 0.1) is 24.6 Å². The number of phenolic OH excluding ortho intramolecular Hbond substituents is 1. The topological polar surface area (TPSA) is 105 Å². The number of ether oxygens (including phenoxy) is 1. The van der Waals surface area contributed by atoms with Gasteiger partial charge in [-0.3, -0.25) is 9.52 Å². The van der Waals surface area contributed by atoms with Crippen LogP contribution in [0, 0.1) is 0 Å². The van der Waals surface area contributed by atoms with Crippen LogP contribution in [0.1, 0.15) is 10.4 Å². The lowest BCUT2D eigenvalue weighted by Gasteiger charge is -2.12. The fraction of sp³-hybridized carbons (Fsp3) is 0.133. The number of carbonyl (C=O) groups is 1. The number of amides is 1. The number of para-hydroxylation sites is 1. The summed E-state index contributed by atoms with van der Waals surface area (Å²) in [6.07, 6.45) is 1.00. The first-order valence-electron chi connectivity index (χ1n) is 6.55. The number of rotatable bonds is 5. The Bertz CT molecular complexity index is 834. The van der Waals surface area contributed by atoms with Gasteiger partial charge in [-0.1, -0.05) is 12.1 Å². The fourth-order valence-corrected chi connectivity index (χ4v) is 2.51. The van der Waals surface area contributed by atoms with Crippen molar-refractivity contribution in [2.24, 2.45) is 0 Å². The molecule has 122 valence electrons. The van der Waals surface area contributed by atoms with E-state index in [1.54, 1.807) is 18.2 Å². The lowest BCUT2D eigenvalue weighted by Crippen LogP contribution is -2.17. The van der Waals surface area contributed by atoms with Crippen molar-refractivity contribution in [2.45, 2.75) is 0 Å². The molecular formula is C15H16N2O5S. The SMILES string of the molecule is COc1ccc(NC(=O)c2ccccc2NS(C)(=O)=O)cc1O. The summed E-state index contributed by atoms with van der Waals surface area (Å²) in [4.78, 5) is 12.3. The number of hydrogen-bond acceptors (Lipinski definition) is 5. The number of hydrogen-bond donors (Lipinski definition) is 3. The standard InChI is InChI=1S/C15H16N2O5S/c1-22-14-8-7-10(9-13(14)18)16-15(19)11-5-3-4-6-12(11)17-23(2,20)21/h3-9,17-18H,1-2H3,(H,16,19). The van der Waals surface area contributed by atoms with E-state index in [1.807, 2.05) is 0 Å². The van der Waals surface area contributed by atoms with Crippen molar-refractivity contribution < 1.29 is 23.1 Å². The van der Waals surface area contributed by atoms with Gasteiger partial charge in [-0.05, 0) is 24.3 Å². The first-order chi connectivity index (χ1) is 10.8. The molecule has 0 unspecified atom stereocenters. The molecule has 2 rings (SSSR count). The molecule has 0 saturated carbocycles. The first kappa shape index (κ1) is 16.6. The Labute approximate surface area is 134 Å². The van der Waals surface area contributed by atoms with Crippen molar-refractivity contribution in [3.05, 3.63) is 48.0 Å². The van der Waals surface area contributed by atoms with Gasteiger partial charge < -0.3 is 15.2 Å². The number of carbonyl (C=O) groups excluding carboxylic acids is 1. The molecule has 0 radical (unpaired) electrons. The van der Waals surface area contributed by atoms with Crippen LogP contribution in [0.3, 0.4) is 0 Å². The van der Waals surface area contributed by atoms with Crippen molar-refractivity contribution in [1.29, 1.82) is 0 Å². The zero-order valence-corrected chi connectivity index (χ0v) is 13.3. The first-order valence-corrected chi connectivity index (χ1v) is 8.44. The maximum atomic E-state index is 12.3. The maximum Gasteiger partial charge on any atom is 0.257 e. The van der Waals surface area contributed by atoms with E-state index in [0.29, 0.717) is 5.69 Å². The smallest absolute Gasteiger partial charge is 0.257 e. The van der Waals surface area contributed by atoms with Crippen molar-refractivity contribution in [2.75, 3.05) is 23.4 Å². The van der Waals surface area contributed by atoms with Crippen molar-refractivity contribution in [3.63, 3.8) is 0 Å². The van der Waals surface area contributed by atoms with E-state index in [9.17, 15) is 18.3 Å². The van der Waals surface area contributed by atoms with Crippen LogP contribution >= 0.6 is 0 Å². The van der Waals surface area contributed by atoms with Crippen molar-refractivity contribution in [3.8, 4) is 11.5 Å². The number of methoxy groups -OCH3 is 1. The van der Waals surface area contributed by atoms with Crippen LogP contribution in [0.5, 0.6) is 11.5 Å². The van der Waals surface area contributed by atoms with Crippen LogP contribution in [0.4, 0.5) is 11.4 Å². The van der Waals surface area contributed by atoms with Gasteiger partial charge in [0.15, 0.2) is 11.5 Å². The molecule has 0 aliphatic rings. The average Bonchev–Trinajstić information content (AvgIpc) is 2.46. The Morgan fingerprint density at radius 1 is 1.17 bits per heavy atom. The van der Waals surface area contributed by atoms with Gasteiger partial charge in [0.25, 0.3) is 5.91 Å². The summed E-state index contributed by atoms with van der Waals surface area (Å²) < 4.78 is 29.9. The van der Waals surface area contributed by atoms with Crippen LogP contribution in [0.15, 0.2) is 42.5 Å². The second-order valence-corrected chi connectivity index (χ2v) is 6.51. The second-order valence-electron chi connectivity index (χ2n) is 4.76. The Kier molecular flexibility index (Phi) is 4.75.